The van der Waals surface area contributed by atoms with Crippen LogP contribution >= 0.6 is 11.6 Å². The summed E-state index contributed by atoms with van der Waals surface area (Å²) in [4.78, 5) is 16.9. The smallest absolute Gasteiger partial charge is 0.410 e. The van der Waals surface area contributed by atoms with E-state index in [1.165, 1.54) is 0 Å². The van der Waals surface area contributed by atoms with Gasteiger partial charge in [-0.3, -0.25) is 4.68 Å². The Labute approximate surface area is 282 Å². The van der Waals surface area contributed by atoms with Gasteiger partial charge < -0.3 is 29.3 Å². The molecule has 4 fully saturated rings. The Bertz CT molecular complexity index is 1650. The molecule has 1 aromatic carbocycles. The van der Waals surface area contributed by atoms with Crippen LogP contribution in [0.1, 0.15) is 83.3 Å². The van der Waals surface area contributed by atoms with Gasteiger partial charge in [0.05, 0.1) is 34.9 Å². The van der Waals surface area contributed by atoms with E-state index in [2.05, 4.69) is 41.7 Å². The van der Waals surface area contributed by atoms with Crippen LogP contribution in [0.2, 0.25) is 5.02 Å². The fraction of sp³-hybridized carbons (Fsp3) is 0.686. The van der Waals surface area contributed by atoms with Crippen LogP contribution < -0.4 is 10.2 Å². The lowest BCUT2D eigenvalue weighted by atomic mass is 9.61. The topological polar surface area (TPSA) is 98.9 Å². The Morgan fingerprint density at radius 3 is 2.62 bits per heavy atom. The number of nitrogens with one attached hydrogen (secondary N) is 1. The van der Waals surface area contributed by atoms with Crippen molar-refractivity contribution in [1.82, 2.24) is 29.8 Å². The number of likely N-dealkylation sites (tertiary alicyclic amines) is 1. The average molecular weight is 668 g/mol. The lowest BCUT2D eigenvalue weighted by Gasteiger charge is -2.58. The summed E-state index contributed by atoms with van der Waals surface area (Å²) in [5, 5.41) is 15.7. The van der Waals surface area contributed by atoms with Gasteiger partial charge in [-0.15, -0.1) is 0 Å². The minimum absolute atomic E-state index is 0.0787. The number of aryl methyl sites for hydroxylation is 1. The predicted molar refractivity (Wildman–Crippen MR) is 183 cm³/mol. The maximum atomic E-state index is 12.7. The van der Waals surface area contributed by atoms with Crippen molar-refractivity contribution in [3.63, 3.8) is 0 Å². The van der Waals surface area contributed by atoms with Gasteiger partial charge in [-0.05, 0) is 85.3 Å². The lowest BCUT2D eigenvalue weighted by Crippen LogP contribution is -2.64. The molecular formula is C35H50ClN7O4. The van der Waals surface area contributed by atoms with Crippen molar-refractivity contribution in [2.45, 2.75) is 97.1 Å². The number of amides is 1. The maximum Gasteiger partial charge on any atom is 0.410 e. The normalized spacial score (nSPS) is 24.9. The van der Waals surface area contributed by atoms with Crippen molar-refractivity contribution in [3.05, 3.63) is 28.5 Å². The number of carbonyl (C=O) groups excluding carboxylic acids is 1. The van der Waals surface area contributed by atoms with Gasteiger partial charge in [-0.25, -0.2) is 9.48 Å². The first-order valence-electron chi connectivity index (χ1n) is 17.2. The molecule has 47 heavy (non-hydrogen) atoms. The SMILES string of the molecule is COC[C@@]1(C)CNCCN1c1nn(C2CC3(C2)CN(C(=O)OC(C)(C)C)C3)c(C)c1-c1c(Cl)c(C)cc2c1cnn2C1CCCCO1. The second-order valence-electron chi connectivity index (χ2n) is 15.6. The molecule has 0 bridgehead atoms. The highest BCUT2D eigenvalue weighted by atomic mass is 35.5. The maximum absolute atomic E-state index is 12.7. The molecule has 3 aromatic rings. The number of methoxy groups -OCH3 is 1. The van der Waals surface area contributed by atoms with E-state index in [4.69, 9.17) is 36.0 Å². The molecule has 1 N–H and O–H groups in total. The summed E-state index contributed by atoms with van der Waals surface area (Å²) in [6.07, 6.45) is 6.75. The highest BCUT2D eigenvalue weighted by molar-refractivity contribution is 6.36. The number of hydrogen-bond donors (Lipinski definition) is 1. The third-order valence-corrected chi connectivity index (χ3v) is 11.1. The van der Waals surface area contributed by atoms with Crippen molar-refractivity contribution in [2.75, 3.05) is 57.9 Å². The van der Waals surface area contributed by atoms with Crippen molar-refractivity contribution in [3.8, 4) is 11.1 Å². The summed E-state index contributed by atoms with van der Waals surface area (Å²) in [5.74, 6) is 0.934. The summed E-state index contributed by atoms with van der Waals surface area (Å²) in [6.45, 7) is 17.4. The van der Waals surface area contributed by atoms with Crippen LogP contribution in [0, 0.1) is 19.3 Å². The molecule has 1 unspecified atom stereocenters. The molecule has 1 aliphatic carbocycles. The molecule has 12 heteroatoms. The molecule has 0 radical (unpaired) electrons. The molecule has 256 valence electrons. The number of ether oxygens (including phenoxy) is 3. The molecule has 1 amide bonds. The Morgan fingerprint density at radius 2 is 1.94 bits per heavy atom. The Kier molecular flexibility index (Phi) is 8.29. The first kappa shape index (κ1) is 32.7. The molecule has 11 nitrogen and oxygen atoms in total. The van der Waals surface area contributed by atoms with Gasteiger partial charge in [0.1, 0.15) is 5.60 Å². The van der Waals surface area contributed by atoms with Crippen LogP contribution in [0.4, 0.5) is 10.6 Å². The minimum Gasteiger partial charge on any atom is -0.444 e. The van der Waals surface area contributed by atoms with E-state index < -0.39 is 5.60 Å². The number of benzene rings is 1. The van der Waals surface area contributed by atoms with Gasteiger partial charge in [0.2, 0.25) is 0 Å². The molecule has 4 aliphatic rings. The molecule has 2 atom stereocenters. The summed E-state index contributed by atoms with van der Waals surface area (Å²) >= 11 is 7.31. The van der Waals surface area contributed by atoms with Crippen LogP contribution in [-0.4, -0.2) is 94.7 Å². The number of carbonyl (C=O) groups is 1. The summed E-state index contributed by atoms with van der Waals surface area (Å²) in [7, 11) is 1.76. The number of fused-ring (bicyclic) bond motifs is 1. The number of halogens is 1. The van der Waals surface area contributed by atoms with Crippen LogP contribution in [0.5, 0.6) is 0 Å². The number of aromatic nitrogens is 4. The second kappa shape index (κ2) is 11.9. The number of rotatable bonds is 6. The first-order chi connectivity index (χ1) is 22.3. The zero-order chi connectivity index (χ0) is 33.3. The summed E-state index contributed by atoms with van der Waals surface area (Å²) in [5.41, 5.74) is 4.50. The van der Waals surface area contributed by atoms with Crippen LogP contribution in [0.15, 0.2) is 12.3 Å². The molecule has 2 aromatic heterocycles. The quantitative estimate of drug-likeness (QED) is 0.329. The standard InChI is InChI=1S/C35H50ClN7O4/c1-22-14-26-25(17-38-43(26)27-10-8-9-13-46-27)29(30(22)36)28-23(2)42(39-31(28)41-12-11-37-18-34(41,6)21-45-7)24-15-35(16-24)19-40(20-35)32(44)47-33(3,4)5/h14,17,24,27,37H,8-13,15-16,18-21H2,1-7H3/t27?,34-/m1/s1. The van der Waals surface area contributed by atoms with Gasteiger partial charge in [-0.1, -0.05) is 11.6 Å². The Hall–Kier alpha value is -2.86. The molecular weight excluding hydrogens is 618 g/mol. The van der Waals surface area contributed by atoms with E-state index in [-0.39, 0.29) is 29.3 Å². The van der Waals surface area contributed by atoms with E-state index in [0.717, 1.165) is 116 Å². The monoisotopic (exact) mass is 667 g/mol. The zero-order valence-electron chi connectivity index (χ0n) is 29.0. The Balaban J connectivity index is 1.28. The predicted octanol–water partition coefficient (Wildman–Crippen LogP) is 6.26. The van der Waals surface area contributed by atoms with Crippen molar-refractivity contribution in [1.29, 1.82) is 0 Å². The van der Waals surface area contributed by atoms with Gasteiger partial charge in [0, 0.05) is 74.1 Å². The van der Waals surface area contributed by atoms with Crippen LogP contribution in [0.25, 0.3) is 22.0 Å². The average Bonchev–Trinajstić information content (AvgIpc) is 3.53. The van der Waals surface area contributed by atoms with E-state index in [9.17, 15) is 4.79 Å². The molecule has 3 saturated heterocycles. The van der Waals surface area contributed by atoms with E-state index >= 15 is 0 Å². The molecule has 3 aliphatic heterocycles. The largest absolute Gasteiger partial charge is 0.444 e. The van der Waals surface area contributed by atoms with Crippen LogP contribution in [-0.2, 0) is 14.2 Å². The van der Waals surface area contributed by atoms with Gasteiger partial charge >= 0.3 is 6.09 Å². The van der Waals surface area contributed by atoms with Gasteiger partial charge in [0.25, 0.3) is 0 Å². The summed E-state index contributed by atoms with van der Waals surface area (Å²) in [6, 6.07) is 2.38. The highest BCUT2D eigenvalue weighted by Crippen LogP contribution is 2.56. The van der Waals surface area contributed by atoms with E-state index in [1.54, 1.807) is 7.11 Å². The third kappa shape index (κ3) is 5.70. The van der Waals surface area contributed by atoms with Gasteiger partial charge in [-0.2, -0.15) is 10.2 Å². The van der Waals surface area contributed by atoms with Gasteiger partial charge in [0.15, 0.2) is 12.0 Å². The molecule has 5 heterocycles. The number of hydrogen-bond acceptors (Lipinski definition) is 8. The molecule has 1 spiro atoms. The summed E-state index contributed by atoms with van der Waals surface area (Å²) < 4.78 is 21.9. The van der Waals surface area contributed by atoms with Crippen LogP contribution in [0.3, 0.4) is 0 Å². The molecule has 1 saturated carbocycles. The fourth-order valence-electron chi connectivity index (χ4n) is 8.33. The minimum atomic E-state index is -0.495. The first-order valence-corrected chi connectivity index (χ1v) is 17.5. The number of nitrogens with zero attached hydrogens (tertiary/aromatic N) is 6. The van der Waals surface area contributed by atoms with E-state index in [0.29, 0.717) is 6.61 Å². The fourth-order valence-corrected chi connectivity index (χ4v) is 8.58. The number of anilines is 1. The van der Waals surface area contributed by atoms with Crippen molar-refractivity contribution >= 4 is 34.4 Å². The second-order valence-corrected chi connectivity index (χ2v) is 16.0. The van der Waals surface area contributed by atoms with Crippen molar-refractivity contribution in [2.24, 2.45) is 5.41 Å². The highest BCUT2D eigenvalue weighted by Gasteiger charge is 2.56. The third-order valence-electron chi connectivity index (χ3n) is 10.6. The lowest BCUT2D eigenvalue weighted by molar-refractivity contribution is -0.0930. The van der Waals surface area contributed by atoms with Crippen molar-refractivity contribution < 1.29 is 19.0 Å². The van der Waals surface area contributed by atoms with E-state index in [1.807, 2.05) is 36.5 Å². The zero-order valence-corrected chi connectivity index (χ0v) is 29.7. The Morgan fingerprint density at radius 1 is 1.17 bits per heavy atom. The molecule has 7 rings (SSSR count). The number of piperazine rings is 1.